The Morgan fingerprint density at radius 3 is 2.00 bits per heavy atom. The lowest BCUT2D eigenvalue weighted by atomic mass is 9.85. The number of halogens is 1. The lowest BCUT2D eigenvalue weighted by Gasteiger charge is -2.24. The van der Waals surface area contributed by atoms with Gasteiger partial charge < -0.3 is 0 Å². The standard InChI is InChI=1S/C14H27F/c1-13(2,3)11-9-10(11)7-8-12(15)14(4,5)6/h10-12H,7-9H2,1-6H3. The molecule has 0 nitrogen and oxygen atoms in total. The minimum atomic E-state index is -0.640. The SMILES string of the molecule is CC(C)(C)C(F)CCC1CC1C(C)(C)C. The maximum absolute atomic E-state index is 13.7. The first-order valence-electron chi connectivity index (χ1n) is 6.26. The topological polar surface area (TPSA) is 0 Å². The molecule has 0 spiro atoms. The molecule has 1 rings (SSSR count). The van der Waals surface area contributed by atoms with Crippen LogP contribution in [0.1, 0.15) is 60.8 Å². The average Bonchev–Trinajstić information content (AvgIpc) is 2.75. The summed E-state index contributed by atoms with van der Waals surface area (Å²) < 4.78 is 13.7. The first kappa shape index (κ1) is 13.0. The first-order chi connectivity index (χ1) is 6.62. The van der Waals surface area contributed by atoms with Crippen molar-refractivity contribution >= 4 is 0 Å². The second-order valence-electron chi connectivity index (χ2n) is 7.38. The lowest BCUT2D eigenvalue weighted by molar-refractivity contribution is 0.145. The van der Waals surface area contributed by atoms with E-state index in [1.165, 1.54) is 6.42 Å². The van der Waals surface area contributed by atoms with Gasteiger partial charge in [0.2, 0.25) is 0 Å². The van der Waals surface area contributed by atoms with Crippen molar-refractivity contribution in [2.45, 2.75) is 67.0 Å². The Hall–Kier alpha value is -0.0700. The van der Waals surface area contributed by atoms with Crippen LogP contribution in [0.2, 0.25) is 0 Å². The summed E-state index contributed by atoms with van der Waals surface area (Å²) in [5.41, 5.74) is 0.254. The highest BCUT2D eigenvalue weighted by Crippen LogP contribution is 2.53. The summed E-state index contributed by atoms with van der Waals surface area (Å²) in [6.45, 7) is 12.9. The van der Waals surface area contributed by atoms with Crippen LogP contribution in [0, 0.1) is 22.7 Å². The van der Waals surface area contributed by atoms with E-state index in [1.807, 2.05) is 20.8 Å². The summed E-state index contributed by atoms with van der Waals surface area (Å²) in [7, 11) is 0. The first-order valence-corrected chi connectivity index (χ1v) is 6.26. The van der Waals surface area contributed by atoms with Crippen LogP contribution in [-0.2, 0) is 0 Å². The summed E-state index contributed by atoms with van der Waals surface area (Å²) in [6, 6.07) is 0. The van der Waals surface area contributed by atoms with E-state index in [-0.39, 0.29) is 5.41 Å². The van der Waals surface area contributed by atoms with Crippen LogP contribution < -0.4 is 0 Å². The number of hydrogen-bond donors (Lipinski definition) is 0. The molecule has 3 unspecified atom stereocenters. The largest absolute Gasteiger partial charge is 0.247 e. The molecule has 0 aromatic carbocycles. The van der Waals surface area contributed by atoms with E-state index in [0.717, 1.165) is 24.7 Å². The minimum Gasteiger partial charge on any atom is -0.247 e. The molecule has 1 fully saturated rings. The molecule has 1 aliphatic carbocycles. The molecule has 0 aliphatic heterocycles. The van der Waals surface area contributed by atoms with E-state index in [0.29, 0.717) is 5.41 Å². The van der Waals surface area contributed by atoms with Gasteiger partial charge >= 0.3 is 0 Å². The van der Waals surface area contributed by atoms with Crippen molar-refractivity contribution in [1.29, 1.82) is 0 Å². The fourth-order valence-corrected chi connectivity index (χ4v) is 2.42. The maximum Gasteiger partial charge on any atom is 0.105 e. The Morgan fingerprint density at radius 2 is 1.67 bits per heavy atom. The van der Waals surface area contributed by atoms with Crippen molar-refractivity contribution in [2.75, 3.05) is 0 Å². The van der Waals surface area contributed by atoms with Crippen LogP contribution in [0.15, 0.2) is 0 Å². The minimum absolute atomic E-state index is 0.174. The van der Waals surface area contributed by atoms with Gasteiger partial charge in [-0.1, -0.05) is 41.5 Å². The summed E-state index contributed by atoms with van der Waals surface area (Å²) in [5, 5.41) is 0. The molecule has 0 bridgehead atoms. The van der Waals surface area contributed by atoms with E-state index in [4.69, 9.17) is 0 Å². The smallest absolute Gasteiger partial charge is 0.105 e. The zero-order valence-electron chi connectivity index (χ0n) is 11.2. The predicted octanol–water partition coefficient (Wildman–Crippen LogP) is 4.83. The number of rotatable bonds is 3. The molecule has 1 aliphatic rings. The third-order valence-electron chi connectivity index (χ3n) is 3.77. The molecular weight excluding hydrogens is 187 g/mol. The monoisotopic (exact) mass is 214 g/mol. The quantitative estimate of drug-likeness (QED) is 0.631. The molecule has 0 N–H and O–H groups in total. The van der Waals surface area contributed by atoms with Gasteiger partial charge in [-0.25, -0.2) is 4.39 Å². The van der Waals surface area contributed by atoms with Gasteiger partial charge in [0.25, 0.3) is 0 Å². The van der Waals surface area contributed by atoms with E-state index < -0.39 is 6.17 Å². The Labute approximate surface area is 94.6 Å². The van der Waals surface area contributed by atoms with Crippen molar-refractivity contribution in [3.05, 3.63) is 0 Å². The van der Waals surface area contributed by atoms with Gasteiger partial charge in [0.05, 0.1) is 0 Å². The van der Waals surface area contributed by atoms with Crippen molar-refractivity contribution in [1.82, 2.24) is 0 Å². The van der Waals surface area contributed by atoms with Gasteiger partial charge in [0.1, 0.15) is 6.17 Å². The van der Waals surface area contributed by atoms with Crippen molar-refractivity contribution in [3.63, 3.8) is 0 Å². The van der Waals surface area contributed by atoms with Gasteiger partial charge in [0.15, 0.2) is 0 Å². The van der Waals surface area contributed by atoms with Crippen LogP contribution in [0.4, 0.5) is 4.39 Å². The van der Waals surface area contributed by atoms with Crippen LogP contribution in [-0.4, -0.2) is 6.17 Å². The summed E-state index contributed by atoms with van der Waals surface area (Å²) in [6.07, 6.45) is 2.51. The molecule has 15 heavy (non-hydrogen) atoms. The molecule has 0 heterocycles. The molecule has 3 atom stereocenters. The fraction of sp³-hybridized carbons (Fsp3) is 1.00. The van der Waals surface area contributed by atoms with E-state index >= 15 is 0 Å². The Bertz CT molecular complexity index is 206. The van der Waals surface area contributed by atoms with Crippen molar-refractivity contribution in [3.8, 4) is 0 Å². The van der Waals surface area contributed by atoms with Gasteiger partial charge in [-0.3, -0.25) is 0 Å². The molecule has 0 saturated heterocycles. The summed E-state index contributed by atoms with van der Waals surface area (Å²) in [5.74, 6) is 1.63. The van der Waals surface area contributed by atoms with Gasteiger partial charge in [-0.05, 0) is 41.9 Å². The summed E-state index contributed by atoms with van der Waals surface area (Å²) >= 11 is 0. The zero-order chi connectivity index (χ0) is 11.9. The predicted molar refractivity (Wildman–Crippen MR) is 64.6 cm³/mol. The van der Waals surface area contributed by atoms with Crippen molar-refractivity contribution < 1.29 is 4.39 Å². The molecule has 1 heteroatoms. The highest BCUT2D eigenvalue weighted by atomic mass is 19.1. The van der Waals surface area contributed by atoms with Crippen LogP contribution in [0.25, 0.3) is 0 Å². The molecule has 0 amide bonds. The third-order valence-corrected chi connectivity index (χ3v) is 3.77. The summed E-state index contributed by atoms with van der Waals surface area (Å²) in [4.78, 5) is 0. The van der Waals surface area contributed by atoms with E-state index in [1.54, 1.807) is 0 Å². The normalized spacial score (nSPS) is 29.0. The number of alkyl halides is 1. The van der Waals surface area contributed by atoms with E-state index in [2.05, 4.69) is 20.8 Å². The van der Waals surface area contributed by atoms with Gasteiger partial charge in [0, 0.05) is 0 Å². The van der Waals surface area contributed by atoms with Crippen LogP contribution in [0.5, 0.6) is 0 Å². The van der Waals surface area contributed by atoms with Crippen LogP contribution >= 0.6 is 0 Å². The molecule has 0 aromatic heterocycles. The third kappa shape index (κ3) is 3.77. The Morgan fingerprint density at radius 1 is 1.13 bits per heavy atom. The molecule has 0 aromatic rings. The number of hydrogen-bond acceptors (Lipinski definition) is 0. The highest BCUT2D eigenvalue weighted by Gasteiger charge is 2.44. The molecule has 90 valence electrons. The average molecular weight is 214 g/mol. The highest BCUT2D eigenvalue weighted by molar-refractivity contribution is 4.94. The Kier molecular flexibility index (Phi) is 3.52. The maximum atomic E-state index is 13.7. The van der Waals surface area contributed by atoms with Crippen molar-refractivity contribution in [2.24, 2.45) is 22.7 Å². The van der Waals surface area contributed by atoms with Gasteiger partial charge in [-0.15, -0.1) is 0 Å². The molecule has 1 saturated carbocycles. The molecule has 0 radical (unpaired) electrons. The molecular formula is C14H27F. The van der Waals surface area contributed by atoms with E-state index in [9.17, 15) is 4.39 Å². The Balaban J connectivity index is 2.25. The van der Waals surface area contributed by atoms with Crippen LogP contribution in [0.3, 0.4) is 0 Å². The lowest BCUT2D eigenvalue weighted by Crippen LogP contribution is -2.22. The fourth-order valence-electron chi connectivity index (χ4n) is 2.42. The second-order valence-corrected chi connectivity index (χ2v) is 7.38. The second kappa shape index (κ2) is 4.07. The zero-order valence-corrected chi connectivity index (χ0v) is 11.2. The van der Waals surface area contributed by atoms with Gasteiger partial charge in [-0.2, -0.15) is 0 Å².